The summed E-state index contributed by atoms with van der Waals surface area (Å²) in [6.45, 7) is 1.80. The molecule has 0 bridgehead atoms. The van der Waals surface area contributed by atoms with Crippen LogP contribution in [0, 0.1) is 6.92 Å². The molecule has 5 heteroatoms. The molecule has 0 aliphatic heterocycles. The van der Waals surface area contributed by atoms with Crippen molar-refractivity contribution in [3.8, 4) is 5.75 Å². The molecule has 1 aromatic carbocycles. The monoisotopic (exact) mass is 228 g/mol. The highest BCUT2D eigenvalue weighted by atomic mass is 35.5. The Morgan fingerprint density at radius 3 is 2.80 bits per heavy atom. The molecule has 4 nitrogen and oxygen atoms in total. The lowest BCUT2D eigenvalue weighted by Gasteiger charge is -2.10. The van der Waals surface area contributed by atoms with Crippen molar-refractivity contribution in [2.24, 2.45) is 5.73 Å². The molecule has 0 radical (unpaired) electrons. The third-order valence-corrected chi connectivity index (χ3v) is 2.25. The van der Waals surface area contributed by atoms with Gasteiger partial charge in [0.2, 0.25) is 5.91 Å². The van der Waals surface area contributed by atoms with Crippen molar-refractivity contribution >= 4 is 23.2 Å². The first-order valence-corrected chi connectivity index (χ1v) is 4.80. The third kappa shape index (κ3) is 2.84. The van der Waals surface area contributed by atoms with E-state index in [-0.39, 0.29) is 12.5 Å². The summed E-state index contributed by atoms with van der Waals surface area (Å²) in [5.74, 6) is 0.333. The van der Waals surface area contributed by atoms with Crippen molar-refractivity contribution in [2.75, 3.05) is 19.0 Å². The molecule has 0 aromatic heterocycles. The molecule has 15 heavy (non-hydrogen) atoms. The topological polar surface area (TPSA) is 64.3 Å². The van der Waals surface area contributed by atoms with Crippen LogP contribution < -0.4 is 15.8 Å². The van der Waals surface area contributed by atoms with Gasteiger partial charge in [-0.25, -0.2) is 0 Å². The van der Waals surface area contributed by atoms with E-state index < -0.39 is 0 Å². The zero-order valence-electron chi connectivity index (χ0n) is 8.63. The zero-order valence-corrected chi connectivity index (χ0v) is 9.39. The molecule has 0 saturated carbocycles. The lowest BCUT2D eigenvalue weighted by Crippen LogP contribution is -2.22. The maximum absolute atomic E-state index is 11.1. The van der Waals surface area contributed by atoms with Gasteiger partial charge < -0.3 is 15.8 Å². The summed E-state index contributed by atoms with van der Waals surface area (Å²) in [7, 11) is 1.54. The summed E-state index contributed by atoms with van der Waals surface area (Å²) in [6.07, 6.45) is 0. The van der Waals surface area contributed by atoms with Crippen LogP contribution in [-0.4, -0.2) is 19.6 Å². The van der Waals surface area contributed by atoms with Crippen LogP contribution in [0.5, 0.6) is 5.75 Å². The minimum Gasteiger partial charge on any atom is -0.495 e. The fourth-order valence-electron chi connectivity index (χ4n) is 1.15. The average Bonchev–Trinajstić information content (AvgIpc) is 2.22. The number of hydrogen-bond acceptors (Lipinski definition) is 3. The lowest BCUT2D eigenvalue weighted by molar-refractivity contribution is -0.114. The van der Waals surface area contributed by atoms with E-state index in [0.29, 0.717) is 16.5 Å². The van der Waals surface area contributed by atoms with Crippen LogP contribution in [0.15, 0.2) is 12.1 Å². The Hall–Kier alpha value is -1.26. The normalized spacial score (nSPS) is 9.87. The summed E-state index contributed by atoms with van der Waals surface area (Å²) in [5, 5.41) is 3.10. The van der Waals surface area contributed by atoms with Crippen LogP contribution in [0.3, 0.4) is 0 Å². The SMILES string of the molecule is COc1cc(C)c(NC(=O)CN)cc1Cl. The maximum atomic E-state index is 11.1. The Bertz CT molecular complexity index is 380. The Balaban J connectivity index is 3.00. The minimum absolute atomic E-state index is 0.0525. The van der Waals surface area contributed by atoms with E-state index in [9.17, 15) is 4.79 Å². The first-order chi connectivity index (χ1) is 7.08. The highest BCUT2D eigenvalue weighted by Gasteiger charge is 2.07. The van der Waals surface area contributed by atoms with Crippen LogP contribution in [0.1, 0.15) is 5.56 Å². The summed E-state index contributed by atoms with van der Waals surface area (Å²) in [5.41, 5.74) is 6.72. The quantitative estimate of drug-likeness (QED) is 0.825. The van der Waals surface area contributed by atoms with Gasteiger partial charge in [0.1, 0.15) is 5.75 Å². The van der Waals surface area contributed by atoms with Crippen LogP contribution in [-0.2, 0) is 4.79 Å². The number of aryl methyl sites for hydroxylation is 1. The second-order valence-electron chi connectivity index (χ2n) is 3.05. The van der Waals surface area contributed by atoms with Crippen molar-refractivity contribution in [2.45, 2.75) is 6.92 Å². The molecular formula is C10H13ClN2O2. The fraction of sp³-hybridized carbons (Fsp3) is 0.300. The molecule has 82 valence electrons. The molecule has 0 fully saturated rings. The number of carbonyl (C=O) groups is 1. The van der Waals surface area contributed by atoms with Crippen LogP contribution in [0.25, 0.3) is 0 Å². The molecule has 0 aliphatic carbocycles. The van der Waals surface area contributed by atoms with Crippen LogP contribution in [0.4, 0.5) is 5.69 Å². The number of carbonyl (C=O) groups excluding carboxylic acids is 1. The number of amides is 1. The summed E-state index contributed by atoms with van der Waals surface area (Å²) in [4.78, 5) is 11.1. The standard InChI is InChI=1S/C10H13ClN2O2/c1-6-3-9(15-2)7(11)4-8(6)13-10(14)5-12/h3-4H,5,12H2,1-2H3,(H,13,14). The molecule has 3 N–H and O–H groups in total. The highest BCUT2D eigenvalue weighted by molar-refractivity contribution is 6.32. The van der Waals surface area contributed by atoms with E-state index >= 15 is 0 Å². The van der Waals surface area contributed by atoms with Crippen molar-refractivity contribution in [3.05, 3.63) is 22.7 Å². The largest absolute Gasteiger partial charge is 0.495 e. The van der Waals surface area contributed by atoms with Gasteiger partial charge in [-0.1, -0.05) is 11.6 Å². The van der Waals surface area contributed by atoms with Gasteiger partial charge in [-0.3, -0.25) is 4.79 Å². The Morgan fingerprint density at radius 2 is 2.27 bits per heavy atom. The zero-order chi connectivity index (χ0) is 11.4. The van der Waals surface area contributed by atoms with Crippen molar-refractivity contribution in [3.63, 3.8) is 0 Å². The lowest BCUT2D eigenvalue weighted by atomic mass is 10.2. The number of benzene rings is 1. The number of nitrogens with two attached hydrogens (primary N) is 1. The van der Waals surface area contributed by atoms with Gasteiger partial charge in [0.15, 0.2) is 0 Å². The van der Waals surface area contributed by atoms with Gasteiger partial charge >= 0.3 is 0 Å². The predicted octanol–water partition coefficient (Wildman–Crippen LogP) is 1.55. The van der Waals surface area contributed by atoms with E-state index in [4.69, 9.17) is 22.1 Å². The van der Waals surface area contributed by atoms with E-state index in [1.54, 1.807) is 19.2 Å². The second kappa shape index (κ2) is 5.00. The number of hydrogen-bond donors (Lipinski definition) is 2. The van der Waals surface area contributed by atoms with E-state index in [2.05, 4.69) is 5.32 Å². The summed E-state index contributed by atoms with van der Waals surface area (Å²) < 4.78 is 5.04. The Morgan fingerprint density at radius 1 is 1.60 bits per heavy atom. The molecule has 0 atom stereocenters. The molecule has 0 aliphatic rings. The first kappa shape index (κ1) is 11.8. The number of rotatable bonds is 3. The number of ether oxygens (including phenoxy) is 1. The Labute approximate surface area is 93.4 Å². The van der Waals surface area contributed by atoms with E-state index in [0.717, 1.165) is 5.56 Å². The van der Waals surface area contributed by atoms with E-state index in [1.807, 2.05) is 6.92 Å². The second-order valence-corrected chi connectivity index (χ2v) is 3.46. The molecular weight excluding hydrogens is 216 g/mol. The van der Waals surface area contributed by atoms with Gasteiger partial charge in [0.25, 0.3) is 0 Å². The number of methoxy groups -OCH3 is 1. The molecule has 1 aromatic rings. The van der Waals surface area contributed by atoms with Gasteiger partial charge in [-0.15, -0.1) is 0 Å². The molecule has 1 rings (SSSR count). The summed E-state index contributed by atoms with van der Waals surface area (Å²) in [6, 6.07) is 3.40. The Kier molecular flexibility index (Phi) is 3.94. The van der Waals surface area contributed by atoms with Gasteiger partial charge in [0, 0.05) is 5.69 Å². The van der Waals surface area contributed by atoms with Crippen molar-refractivity contribution in [1.82, 2.24) is 0 Å². The number of nitrogens with one attached hydrogen (secondary N) is 1. The van der Waals surface area contributed by atoms with E-state index in [1.165, 1.54) is 0 Å². The molecule has 0 saturated heterocycles. The van der Waals surface area contributed by atoms with Crippen LogP contribution >= 0.6 is 11.6 Å². The molecule has 0 unspecified atom stereocenters. The van der Waals surface area contributed by atoms with Crippen LogP contribution in [0.2, 0.25) is 5.02 Å². The highest BCUT2D eigenvalue weighted by Crippen LogP contribution is 2.30. The third-order valence-electron chi connectivity index (χ3n) is 1.96. The number of halogens is 1. The maximum Gasteiger partial charge on any atom is 0.238 e. The fourth-order valence-corrected chi connectivity index (χ4v) is 1.39. The van der Waals surface area contributed by atoms with Gasteiger partial charge in [0.05, 0.1) is 18.7 Å². The molecule has 0 spiro atoms. The van der Waals surface area contributed by atoms with Crippen molar-refractivity contribution in [1.29, 1.82) is 0 Å². The molecule has 0 heterocycles. The van der Waals surface area contributed by atoms with Gasteiger partial charge in [-0.05, 0) is 24.6 Å². The smallest absolute Gasteiger partial charge is 0.238 e. The first-order valence-electron chi connectivity index (χ1n) is 4.42. The predicted molar refractivity (Wildman–Crippen MR) is 60.4 cm³/mol. The minimum atomic E-state index is -0.251. The summed E-state index contributed by atoms with van der Waals surface area (Å²) >= 11 is 5.92. The van der Waals surface area contributed by atoms with Gasteiger partial charge in [-0.2, -0.15) is 0 Å². The number of anilines is 1. The van der Waals surface area contributed by atoms with Crippen molar-refractivity contribution < 1.29 is 9.53 Å². The average molecular weight is 229 g/mol. The molecule has 1 amide bonds.